The predicted molar refractivity (Wildman–Crippen MR) is 129 cm³/mol. The molecule has 2 aliphatic carbocycles. The van der Waals surface area contributed by atoms with Gasteiger partial charge in [0.25, 0.3) is 0 Å². The van der Waals surface area contributed by atoms with Crippen LogP contribution in [0.4, 0.5) is 4.39 Å². The number of benzene rings is 2. The van der Waals surface area contributed by atoms with Gasteiger partial charge in [-0.1, -0.05) is 24.3 Å². The fraction of sp³-hybridized carbons (Fsp3) is 0.462. The van der Waals surface area contributed by atoms with E-state index in [4.69, 9.17) is 4.99 Å². The van der Waals surface area contributed by atoms with Crippen LogP contribution in [-0.4, -0.2) is 32.7 Å². The van der Waals surface area contributed by atoms with Crippen molar-refractivity contribution in [2.75, 3.05) is 6.54 Å². The highest BCUT2D eigenvalue weighted by Gasteiger charge is 2.36. The van der Waals surface area contributed by atoms with Gasteiger partial charge in [0, 0.05) is 24.8 Å². The third-order valence-corrected chi connectivity index (χ3v) is 8.95. The average molecular weight is 484 g/mol. The van der Waals surface area contributed by atoms with Gasteiger partial charge in [0.05, 0.1) is 10.9 Å². The van der Waals surface area contributed by atoms with Crippen LogP contribution in [0.25, 0.3) is 0 Å². The number of halogens is 1. The summed E-state index contributed by atoms with van der Waals surface area (Å²) >= 11 is 0. The second-order valence-corrected chi connectivity index (χ2v) is 11.5. The van der Waals surface area contributed by atoms with E-state index in [1.165, 1.54) is 6.07 Å². The van der Waals surface area contributed by atoms with Gasteiger partial charge in [0.2, 0.25) is 15.9 Å². The van der Waals surface area contributed by atoms with Gasteiger partial charge in [-0.2, -0.15) is 0 Å². The summed E-state index contributed by atoms with van der Waals surface area (Å²) in [6.45, 7) is 0.391. The lowest BCUT2D eigenvalue weighted by Gasteiger charge is -2.28. The largest absolute Gasteiger partial charge is 0.314 e. The molecule has 0 bridgehead atoms. The summed E-state index contributed by atoms with van der Waals surface area (Å²) in [6, 6.07) is 13.5. The molecule has 1 aliphatic heterocycles. The van der Waals surface area contributed by atoms with Crippen LogP contribution in [0.5, 0.6) is 0 Å². The summed E-state index contributed by atoms with van der Waals surface area (Å²) < 4.78 is 41.2. The van der Waals surface area contributed by atoms with E-state index >= 15 is 0 Å². The van der Waals surface area contributed by atoms with Gasteiger partial charge in [0.1, 0.15) is 11.7 Å². The predicted octanol–water partition coefficient (Wildman–Crippen LogP) is 3.93. The fourth-order valence-electron chi connectivity index (χ4n) is 5.59. The molecule has 1 saturated carbocycles. The molecule has 6 nitrogen and oxygen atoms in total. The van der Waals surface area contributed by atoms with Crippen molar-refractivity contribution in [1.29, 1.82) is 0 Å². The first kappa shape index (κ1) is 23.2. The lowest BCUT2D eigenvalue weighted by atomic mass is 9.79. The molecule has 1 heterocycles. The topological polar surface area (TPSA) is 87.6 Å². The van der Waals surface area contributed by atoms with Crippen molar-refractivity contribution in [2.24, 2.45) is 16.8 Å². The maximum atomic E-state index is 13.6. The molecule has 8 heteroatoms. The smallest absolute Gasteiger partial charge is 0.240 e. The number of nitrogens with zero attached hydrogens (tertiary/aromatic N) is 1. The SMILES string of the molecule is O=C(NC1=N[C@@H]2CCc3cc(F)ccc3[C@@H]2C1)[C@H]1CC[C@H](CNS(=O)(=O)c2ccccc2)CC1. The number of aliphatic imine (C=N–C) groups is 1. The van der Waals surface area contributed by atoms with E-state index in [0.717, 1.165) is 55.5 Å². The number of carbonyl (C=O) groups is 1. The summed E-state index contributed by atoms with van der Waals surface area (Å²) in [5, 5.41) is 3.07. The summed E-state index contributed by atoms with van der Waals surface area (Å²) in [5.41, 5.74) is 2.22. The Bertz CT molecular complexity index is 1190. The molecule has 0 spiro atoms. The first-order valence-corrected chi connectivity index (χ1v) is 13.6. The standard InChI is InChI=1S/C26H30FN3O3S/c27-20-11-12-22-19(14-20)10-13-24-23(22)15-25(29-24)30-26(31)18-8-6-17(7-9-18)16-28-34(32,33)21-4-2-1-3-5-21/h1-5,11-12,14,17-18,23-24,28H,6-10,13,15-16H2,(H,29,30,31)/t17-,18-,23-,24+/m0/s1. The summed E-state index contributed by atoms with van der Waals surface area (Å²) in [4.78, 5) is 18.0. The molecule has 2 aromatic rings. The van der Waals surface area contributed by atoms with Crippen LogP contribution >= 0.6 is 0 Å². The van der Waals surface area contributed by atoms with E-state index in [2.05, 4.69) is 10.0 Å². The molecule has 1 amide bonds. The van der Waals surface area contributed by atoms with Crippen molar-refractivity contribution < 1.29 is 17.6 Å². The average Bonchev–Trinajstić information content (AvgIpc) is 3.26. The van der Waals surface area contributed by atoms with Gasteiger partial charge in [0.15, 0.2) is 0 Å². The number of amidine groups is 1. The molecule has 180 valence electrons. The van der Waals surface area contributed by atoms with Crippen LogP contribution in [0.1, 0.15) is 55.6 Å². The van der Waals surface area contributed by atoms with E-state index in [9.17, 15) is 17.6 Å². The normalized spacial score (nSPS) is 26.3. The molecule has 34 heavy (non-hydrogen) atoms. The van der Waals surface area contributed by atoms with Crippen LogP contribution in [0.3, 0.4) is 0 Å². The third-order valence-electron chi connectivity index (χ3n) is 7.51. The highest BCUT2D eigenvalue weighted by atomic mass is 32.2. The Morgan fingerprint density at radius 2 is 1.79 bits per heavy atom. The third kappa shape index (κ3) is 4.93. The van der Waals surface area contributed by atoms with Gasteiger partial charge < -0.3 is 5.32 Å². The van der Waals surface area contributed by atoms with Crippen molar-refractivity contribution in [1.82, 2.24) is 10.0 Å². The van der Waals surface area contributed by atoms with Crippen LogP contribution in [-0.2, 0) is 21.2 Å². The molecular formula is C26H30FN3O3S. The Morgan fingerprint density at radius 1 is 1.03 bits per heavy atom. The molecule has 0 unspecified atom stereocenters. The molecule has 2 aromatic carbocycles. The second-order valence-electron chi connectivity index (χ2n) is 9.71. The van der Waals surface area contributed by atoms with Gasteiger partial charge in [-0.15, -0.1) is 0 Å². The lowest BCUT2D eigenvalue weighted by molar-refractivity contribution is -0.124. The van der Waals surface area contributed by atoms with E-state index in [1.807, 2.05) is 6.07 Å². The van der Waals surface area contributed by atoms with E-state index in [1.54, 1.807) is 36.4 Å². The molecule has 2 N–H and O–H groups in total. The first-order chi connectivity index (χ1) is 16.4. The van der Waals surface area contributed by atoms with Gasteiger partial charge in [-0.3, -0.25) is 9.79 Å². The van der Waals surface area contributed by atoms with Gasteiger partial charge >= 0.3 is 0 Å². The van der Waals surface area contributed by atoms with E-state index in [0.29, 0.717) is 13.0 Å². The number of amides is 1. The van der Waals surface area contributed by atoms with Crippen LogP contribution in [0.15, 0.2) is 58.4 Å². The van der Waals surface area contributed by atoms with Crippen LogP contribution in [0, 0.1) is 17.7 Å². The number of hydrogen-bond donors (Lipinski definition) is 2. The molecule has 5 rings (SSSR count). The monoisotopic (exact) mass is 483 g/mol. The number of sulfonamides is 1. The number of nitrogens with one attached hydrogen (secondary N) is 2. The minimum absolute atomic E-state index is 0.0139. The zero-order valence-corrected chi connectivity index (χ0v) is 19.9. The molecular weight excluding hydrogens is 453 g/mol. The quantitative estimate of drug-likeness (QED) is 0.676. The van der Waals surface area contributed by atoms with Crippen LogP contribution in [0.2, 0.25) is 0 Å². The Labute approximate surface area is 200 Å². The number of carbonyl (C=O) groups excluding carboxylic acids is 1. The van der Waals surface area contributed by atoms with Gasteiger partial charge in [-0.25, -0.2) is 17.5 Å². The maximum Gasteiger partial charge on any atom is 0.240 e. The Hall–Kier alpha value is -2.58. The van der Waals surface area contributed by atoms with E-state index in [-0.39, 0.29) is 40.4 Å². The van der Waals surface area contributed by atoms with Crippen molar-refractivity contribution in [3.05, 3.63) is 65.5 Å². The zero-order chi connectivity index (χ0) is 23.7. The zero-order valence-electron chi connectivity index (χ0n) is 19.0. The van der Waals surface area contributed by atoms with E-state index < -0.39 is 10.0 Å². The van der Waals surface area contributed by atoms with Gasteiger partial charge in [-0.05, 0) is 79.8 Å². The van der Waals surface area contributed by atoms with Crippen molar-refractivity contribution in [2.45, 2.75) is 61.8 Å². The molecule has 2 atom stereocenters. The number of aryl methyl sites for hydroxylation is 1. The van der Waals surface area contributed by atoms with Crippen molar-refractivity contribution >= 4 is 21.8 Å². The molecule has 3 aliphatic rings. The minimum atomic E-state index is -3.51. The molecule has 0 saturated heterocycles. The summed E-state index contributed by atoms with van der Waals surface area (Å²) in [7, 11) is -3.51. The first-order valence-electron chi connectivity index (χ1n) is 12.1. The number of hydrogen-bond acceptors (Lipinski definition) is 4. The summed E-state index contributed by atoms with van der Waals surface area (Å²) in [5.74, 6) is 0.927. The molecule has 1 fully saturated rings. The second kappa shape index (κ2) is 9.58. The number of fused-ring (bicyclic) bond motifs is 3. The van der Waals surface area contributed by atoms with Crippen molar-refractivity contribution in [3.8, 4) is 0 Å². The highest BCUT2D eigenvalue weighted by Crippen LogP contribution is 2.40. The summed E-state index contributed by atoms with van der Waals surface area (Å²) in [6.07, 6.45) is 5.49. The maximum absolute atomic E-state index is 13.6. The molecule has 0 radical (unpaired) electrons. The minimum Gasteiger partial charge on any atom is -0.314 e. The molecule has 0 aromatic heterocycles. The Balaban J connectivity index is 1.11. The Morgan fingerprint density at radius 3 is 2.56 bits per heavy atom. The fourth-order valence-corrected chi connectivity index (χ4v) is 6.73. The Kier molecular flexibility index (Phi) is 6.53. The highest BCUT2D eigenvalue weighted by molar-refractivity contribution is 7.89. The van der Waals surface area contributed by atoms with Crippen LogP contribution < -0.4 is 10.0 Å². The number of rotatable bonds is 5. The lowest BCUT2D eigenvalue weighted by Crippen LogP contribution is -2.38. The van der Waals surface area contributed by atoms with Crippen molar-refractivity contribution in [3.63, 3.8) is 0 Å².